The van der Waals surface area contributed by atoms with Crippen molar-refractivity contribution < 1.29 is 15.0 Å². The van der Waals surface area contributed by atoms with Crippen molar-refractivity contribution in [1.82, 2.24) is 10.3 Å². The number of hydrogen-bond donors (Lipinski definition) is 3. The maximum Gasteiger partial charge on any atom is 0.251 e. The summed E-state index contributed by atoms with van der Waals surface area (Å²) in [6.45, 7) is 1.89. The van der Waals surface area contributed by atoms with Gasteiger partial charge in [-0.25, -0.2) is 0 Å². The minimum atomic E-state index is -0.300. The Hall–Kier alpha value is -2.76. The molecule has 144 valence electrons. The average Bonchev–Trinajstić information content (AvgIpc) is 2.67. The number of pyridine rings is 1. The predicted molar refractivity (Wildman–Crippen MR) is 108 cm³/mol. The van der Waals surface area contributed by atoms with Gasteiger partial charge in [0.15, 0.2) is 0 Å². The third-order valence-electron chi connectivity index (χ3n) is 5.40. The number of fused-ring (bicyclic) bond motifs is 1. The Balaban J connectivity index is 1.67. The van der Waals surface area contributed by atoms with Crippen molar-refractivity contribution in [3.05, 3.63) is 76.5 Å². The highest BCUT2D eigenvalue weighted by atomic mass is 16.3. The zero-order valence-corrected chi connectivity index (χ0v) is 15.9. The lowest BCUT2D eigenvalue weighted by atomic mass is 9.89. The predicted octanol–water partition coefficient (Wildman–Crippen LogP) is 2.88. The third kappa shape index (κ3) is 3.63. The molecule has 4 rings (SSSR count). The van der Waals surface area contributed by atoms with E-state index in [9.17, 15) is 15.0 Å². The lowest BCUT2D eigenvalue weighted by Gasteiger charge is -2.32. The van der Waals surface area contributed by atoms with Gasteiger partial charge < -0.3 is 15.5 Å². The van der Waals surface area contributed by atoms with Crippen LogP contribution in [0, 0.1) is 6.92 Å². The second kappa shape index (κ2) is 7.70. The number of carbonyl (C=O) groups excluding carboxylic acids is 1. The Morgan fingerprint density at radius 3 is 2.61 bits per heavy atom. The van der Waals surface area contributed by atoms with Crippen LogP contribution in [0.25, 0.3) is 10.9 Å². The number of benzene rings is 2. The quantitative estimate of drug-likeness (QED) is 0.639. The molecule has 3 N–H and O–H groups in total. The molecule has 1 aromatic heterocycles. The van der Waals surface area contributed by atoms with E-state index in [1.165, 1.54) is 0 Å². The van der Waals surface area contributed by atoms with Gasteiger partial charge in [-0.3, -0.25) is 9.78 Å². The topological polar surface area (TPSA) is 82.5 Å². The first kappa shape index (κ1) is 18.6. The molecule has 1 heterocycles. The number of nitrogens with zero attached hydrogens (tertiary/aromatic N) is 1. The summed E-state index contributed by atoms with van der Waals surface area (Å²) < 4.78 is 0. The lowest BCUT2D eigenvalue weighted by Crippen LogP contribution is -2.46. The van der Waals surface area contributed by atoms with Gasteiger partial charge in [-0.15, -0.1) is 0 Å². The zero-order valence-electron chi connectivity index (χ0n) is 15.9. The van der Waals surface area contributed by atoms with E-state index in [1.807, 2.05) is 55.5 Å². The molecule has 1 aliphatic rings. The fourth-order valence-corrected chi connectivity index (χ4v) is 3.86. The fraction of sp³-hybridized carbons (Fsp3) is 0.304. The van der Waals surface area contributed by atoms with E-state index in [1.54, 1.807) is 0 Å². The van der Waals surface area contributed by atoms with Crippen molar-refractivity contribution in [2.45, 2.75) is 44.9 Å². The molecule has 5 nitrogen and oxygen atoms in total. The van der Waals surface area contributed by atoms with Gasteiger partial charge in [-0.1, -0.05) is 36.4 Å². The lowest BCUT2D eigenvalue weighted by molar-refractivity contribution is 0.0562. The number of carbonyl (C=O) groups is 1. The van der Waals surface area contributed by atoms with Gasteiger partial charge in [0.1, 0.15) is 0 Å². The molecule has 2 aromatic carbocycles. The average molecular weight is 376 g/mol. The number of nitrogens with one attached hydrogen (secondary N) is 1. The SMILES string of the molecule is Cc1cc(CO)c2cccc(Cc3ccccc3C(=O)NC3CC(O)C3)c2n1. The van der Waals surface area contributed by atoms with Crippen LogP contribution in [0.2, 0.25) is 0 Å². The van der Waals surface area contributed by atoms with Crippen molar-refractivity contribution >= 4 is 16.8 Å². The Labute approximate surface area is 164 Å². The number of rotatable bonds is 5. The van der Waals surface area contributed by atoms with Crippen molar-refractivity contribution in [2.75, 3.05) is 0 Å². The first-order valence-corrected chi connectivity index (χ1v) is 9.61. The second-order valence-corrected chi connectivity index (χ2v) is 7.52. The third-order valence-corrected chi connectivity index (χ3v) is 5.40. The van der Waals surface area contributed by atoms with Crippen LogP contribution in [0.3, 0.4) is 0 Å². The molecule has 5 heteroatoms. The molecule has 0 spiro atoms. The molecule has 0 saturated heterocycles. The van der Waals surface area contributed by atoms with Crippen molar-refractivity contribution in [1.29, 1.82) is 0 Å². The number of aliphatic hydroxyl groups excluding tert-OH is 2. The number of amides is 1. The minimum Gasteiger partial charge on any atom is -0.393 e. The van der Waals surface area contributed by atoms with Crippen LogP contribution < -0.4 is 5.32 Å². The number of aliphatic hydroxyl groups is 2. The fourth-order valence-electron chi connectivity index (χ4n) is 3.86. The number of aromatic nitrogens is 1. The van der Waals surface area contributed by atoms with Crippen LogP contribution in [-0.2, 0) is 13.0 Å². The second-order valence-electron chi connectivity index (χ2n) is 7.52. The van der Waals surface area contributed by atoms with E-state index in [2.05, 4.69) is 5.32 Å². The molecule has 1 fully saturated rings. The van der Waals surface area contributed by atoms with E-state index in [0.717, 1.165) is 33.3 Å². The molecular formula is C23H24N2O3. The molecule has 0 bridgehead atoms. The zero-order chi connectivity index (χ0) is 19.7. The number of aryl methyl sites for hydroxylation is 1. The van der Waals surface area contributed by atoms with Crippen LogP contribution in [0.5, 0.6) is 0 Å². The van der Waals surface area contributed by atoms with Gasteiger partial charge in [0.25, 0.3) is 5.91 Å². The standard InChI is InChI=1S/C23H24N2O3/c1-14-9-17(13-26)20-8-4-6-16(22(20)24-14)10-15-5-2-3-7-21(15)23(28)25-18-11-19(27)12-18/h2-9,18-19,26-27H,10-13H2,1H3,(H,25,28). The summed E-state index contributed by atoms with van der Waals surface area (Å²) in [5.41, 5.74) is 5.19. The molecule has 0 atom stereocenters. The van der Waals surface area contributed by atoms with Crippen molar-refractivity contribution in [3.63, 3.8) is 0 Å². The summed E-state index contributed by atoms with van der Waals surface area (Å²) in [6, 6.07) is 15.5. The van der Waals surface area contributed by atoms with E-state index in [0.29, 0.717) is 24.8 Å². The molecule has 0 unspecified atom stereocenters. The highest BCUT2D eigenvalue weighted by Crippen LogP contribution is 2.26. The maximum atomic E-state index is 12.7. The highest BCUT2D eigenvalue weighted by Gasteiger charge is 2.29. The van der Waals surface area contributed by atoms with Gasteiger partial charge in [0.2, 0.25) is 0 Å². The van der Waals surface area contributed by atoms with E-state index in [-0.39, 0.29) is 24.7 Å². The van der Waals surface area contributed by atoms with Gasteiger partial charge >= 0.3 is 0 Å². The molecule has 0 radical (unpaired) electrons. The van der Waals surface area contributed by atoms with Gasteiger partial charge in [0.05, 0.1) is 18.2 Å². The summed E-state index contributed by atoms with van der Waals surface area (Å²) in [6.07, 6.45) is 1.51. The summed E-state index contributed by atoms with van der Waals surface area (Å²) in [7, 11) is 0. The monoisotopic (exact) mass is 376 g/mol. The van der Waals surface area contributed by atoms with E-state index < -0.39 is 0 Å². The molecule has 28 heavy (non-hydrogen) atoms. The van der Waals surface area contributed by atoms with E-state index in [4.69, 9.17) is 4.98 Å². The maximum absolute atomic E-state index is 12.7. The smallest absolute Gasteiger partial charge is 0.251 e. The first-order chi connectivity index (χ1) is 13.5. The van der Waals surface area contributed by atoms with E-state index >= 15 is 0 Å². The van der Waals surface area contributed by atoms with Crippen LogP contribution >= 0.6 is 0 Å². The van der Waals surface area contributed by atoms with Crippen LogP contribution in [0.4, 0.5) is 0 Å². The summed E-state index contributed by atoms with van der Waals surface area (Å²) in [4.78, 5) is 17.4. The molecular weight excluding hydrogens is 352 g/mol. The number of para-hydroxylation sites is 1. The Morgan fingerprint density at radius 2 is 1.86 bits per heavy atom. The van der Waals surface area contributed by atoms with Crippen LogP contribution in [-0.4, -0.2) is 33.3 Å². The summed E-state index contributed by atoms with van der Waals surface area (Å²) >= 11 is 0. The molecule has 1 aliphatic carbocycles. The van der Waals surface area contributed by atoms with Crippen LogP contribution in [0.1, 0.15) is 45.6 Å². The van der Waals surface area contributed by atoms with Gasteiger partial charge in [0, 0.05) is 29.1 Å². The van der Waals surface area contributed by atoms with Gasteiger partial charge in [-0.05, 0) is 48.6 Å². The normalized spacial score (nSPS) is 18.7. The molecule has 3 aromatic rings. The Morgan fingerprint density at radius 1 is 1.11 bits per heavy atom. The van der Waals surface area contributed by atoms with Crippen LogP contribution in [0.15, 0.2) is 48.5 Å². The molecule has 1 amide bonds. The Bertz CT molecular complexity index is 1030. The summed E-state index contributed by atoms with van der Waals surface area (Å²) in [5, 5.41) is 23.1. The summed E-state index contributed by atoms with van der Waals surface area (Å²) in [5.74, 6) is -0.104. The molecule has 1 saturated carbocycles. The highest BCUT2D eigenvalue weighted by molar-refractivity contribution is 5.96. The van der Waals surface area contributed by atoms with Crippen molar-refractivity contribution in [3.8, 4) is 0 Å². The van der Waals surface area contributed by atoms with Crippen molar-refractivity contribution in [2.24, 2.45) is 0 Å². The first-order valence-electron chi connectivity index (χ1n) is 9.61. The minimum absolute atomic E-state index is 0.0322. The number of hydrogen-bond acceptors (Lipinski definition) is 4. The Kier molecular flexibility index (Phi) is 5.11. The molecule has 0 aliphatic heterocycles. The van der Waals surface area contributed by atoms with Gasteiger partial charge in [-0.2, -0.15) is 0 Å². The largest absolute Gasteiger partial charge is 0.393 e.